The Morgan fingerprint density at radius 3 is 2.85 bits per heavy atom. The third kappa shape index (κ3) is 3.78. The monoisotopic (exact) mass is 359 g/mol. The van der Waals surface area contributed by atoms with E-state index < -0.39 is 0 Å². The summed E-state index contributed by atoms with van der Waals surface area (Å²) in [5.41, 5.74) is 0. The van der Waals surface area contributed by atoms with E-state index in [0.717, 1.165) is 57.6 Å². The van der Waals surface area contributed by atoms with E-state index in [9.17, 15) is 0 Å². The van der Waals surface area contributed by atoms with Crippen LogP contribution >= 0.6 is 0 Å². The molecule has 2 aromatic heterocycles. The molecule has 1 unspecified atom stereocenters. The summed E-state index contributed by atoms with van der Waals surface area (Å²) in [5.74, 6) is 3.04. The summed E-state index contributed by atoms with van der Waals surface area (Å²) in [7, 11) is 2.11. The number of aromatic nitrogens is 4. The van der Waals surface area contributed by atoms with Gasteiger partial charge in [-0.15, -0.1) is 10.2 Å². The normalized spacial score (nSPS) is 21.3. The van der Waals surface area contributed by atoms with Crippen LogP contribution in [-0.2, 0) is 11.3 Å². The fourth-order valence-corrected chi connectivity index (χ4v) is 3.50. The highest BCUT2D eigenvalue weighted by Gasteiger charge is 2.28. The third-order valence-electron chi connectivity index (χ3n) is 5.01. The number of rotatable bonds is 5. The zero-order valence-corrected chi connectivity index (χ0v) is 15.3. The highest BCUT2D eigenvalue weighted by atomic mass is 16.5. The summed E-state index contributed by atoms with van der Waals surface area (Å²) in [6, 6.07) is 2.39. The third-order valence-corrected chi connectivity index (χ3v) is 5.01. The Bertz CT molecular complexity index is 731. The van der Waals surface area contributed by atoms with Crippen molar-refractivity contribution in [1.29, 1.82) is 0 Å². The van der Waals surface area contributed by atoms with Gasteiger partial charge < -0.3 is 19.0 Å². The molecule has 2 aliphatic rings. The molecule has 2 fully saturated rings. The standard InChI is InChI=1S/C17H25N7O2/c1-13-20-21-16(26-13)12-23-6-4-14(11-23)22(2)15-3-5-18-17(19-15)24-7-9-25-10-8-24/h3,5,14H,4,6-12H2,1-2H3. The molecule has 9 nitrogen and oxygen atoms in total. The van der Waals surface area contributed by atoms with Crippen molar-refractivity contribution in [2.24, 2.45) is 0 Å². The van der Waals surface area contributed by atoms with Crippen molar-refractivity contribution in [2.75, 3.05) is 56.2 Å². The topological polar surface area (TPSA) is 83.7 Å². The maximum atomic E-state index is 5.49. The Kier molecular flexibility index (Phi) is 4.98. The Morgan fingerprint density at radius 1 is 1.23 bits per heavy atom. The lowest BCUT2D eigenvalue weighted by atomic mass is 10.2. The summed E-state index contributed by atoms with van der Waals surface area (Å²) in [4.78, 5) is 16.0. The maximum Gasteiger partial charge on any atom is 0.230 e. The lowest BCUT2D eigenvalue weighted by Crippen LogP contribution is -2.38. The van der Waals surface area contributed by atoms with Crippen LogP contribution in [0.5, 0.6) is 0 Å². The highest BCUT2D eigenvalue weighted by molar-refractivity contribution is 5.44. The van der Waals surface area contributed by atoms with E-state index in [1.165, 1.54) is 0 Å². The number of hydrogen-bond acceptors (Lipinski definition) is 9. The Morgan fingerprint density at radius 2 is 2.08 bits per heavy atom. The second-order valence-corrected chi connectivity index (χ2v) is 6.82. The van der Waals surface area contributed by atoms with Crippen LogP contribution in [0.3, 0.4) is 0 Å². The molecule has 0 aromatic carbocycles. The number of nitrogens with zero attached hydrogens (tertiary/aromatic N) is 7. The molecule has 9 heteroatoms. The van der Waals surface area contributed by atoms with Gasteiger partial charge in [0.15, 0.2) is 0 Å². The van der Waals surface area contributed by atoms with Gasteiger partial charge in [-0.1, -0.05) is 0 Å². The summed E-state index contributed by atoms with van der Waals surface area (Å²) in [5, 5.41) is 7.99. The predicted molar refractivity (Wildman–Crippen MR) is 96.2 cm³/mol. The zero-order chi connectivity index (χ0) is 17.9. The first-order valence-corrected chi connectivity index (χ1v) is 9.09. The number of aryl methyl sites for hydroxylation is 1. The molecule has 0 bridgehead atoms. The first-order chi connectivity index (χ1) is 12.7. The number of morpholine rings is 1. The molecule has 0 amide bonds. The first-order valence-electron chi connectivity index (χ1n) is 9.09. The summed E-state index contributed by atoms with van der Waals surface area (Å²) < 4.78 is 10.9. The number of hydrogen-bond donors (Lipinski definition) is 0. The van der Waals surface area contributed by atoms with Crippen molar-refractivity contribution >= 4 is 11.8 Å². The molecule has 2 aliphatic heterocycles. The molecule has 140 valence electrons. The minimum absolute atomic E-state index is 0.409. The van der Waals surface area contributed by atoms with Crippen LogP contribution < -0.4 is 9.80 Å². The van der Waals surface area contributed by atoms with Gasteiger partial charge in [-0.25, -0.2) is 4.98 Å². The van der Waals surface area contributed by atoms with Gasteiger partial charge in [0.05, 0.1) is 19.8 Å². The minimum atomic E-state index is 0.409. The van der Waals surface area contributed by atoms with Crippen molar-refractivity contribution in [3.05, 3.63) is 24.0 Å². The molecular formula is C17H25N7O2. The number of anilines is 2. The van der Waals surface area contributed by atoms with Gasteiger partial charge in [-0.2, -0.15) is 4.98 Å². The van der Waals surface area contributed by atoms with Gasteiger partial charge in [0.2, 0.25) is 17.7 Å². The summed E-state index contributed by atoms with van der Waals surface area (Å²) in [6.07, 6.45) is 2.93. The second-order valence-electron chi connectivity index (χ2n) is 6.82. The van der Waals surface area contributed by atoms with Gasteiger partial charge in [-0.05, 0) is 12.5 Å². The lowest BCUT2D eigenvalue weighted by Gasteiger charge is -2.29. The fraction of sp³-hybridized carbons (Fsp3) is 0.647. The second kappa shape index (κ2) is 7.55. The molecule has 4 rings (SSSR count). The fourth-order valence-electron chi connectivity index (χ4n) is 3.50. The molecular weight excluding hydrogens is 334 g/mol. The van der Waals surface area contributed by atoms with Gasteiger partial charge in [-0.3, -0.25) is 4.90 Å². The van der Waals surface area contributed by atoms with Crippen molar-refractivity contribution < 1.29 is 9.15 Å². The highest BCUT2D eigenvalue weighted by Crippen LogP contribution is 2.22. The van der Waals surface area contributed by atoms with E-state index in [-0.39, 0.29) is 0 Å². The molecule has 26 heavy (non-hydrogen) atoms. The Hall–Kier alpha value is -2.26. The molecule has 0 aliphatic carbocycles. The van der Waals surface area contributed by atoms with Crippen LogP contribution in [-0.4, -0.2) is 77.5 Å². The van der Waals surface area contributed by atoms with Crippen LogP contribution in [0.1, 0.15) is 18.2 Å². The maximum absolute atomic E-state index is 5.49. The number of likely N-dealkylation sites (N-methyl/N-ethyl adjacent to an activating group) is 1. The molecule has 0 spiro atoms. The molecule has 1 atom stereocenters. The van der Waals surface area contributed by atoms with Gasteiger partial charge >= 0.3 is 0 Å². The Balaban J connectivity index is 1.39. The largest absolute Gasteiger partial charge is 0.424 e. The van der Waals surface area contributed by atoms with E-state index in [1.54, 1.807) is 0 Å². The van der Waals surface area contributed by atoms with Gasteiger partial charge in [0.1, 0.15) is 5.82 Å². The molecule has 2 saturated heterocycles. The van der Waals surface area contributed by atoms with Crippen LogP contribution in [0.2, 0.25) is 0 Å². The van der Waals surface area contributed by atoms with E-state index in [2.05, 4.69) is 36.9 Å². The number of ether oxygens (including phenoxy) is 1. The van der Waals surface area contributed by atoms with Crippen molar-refractivity contribution in [3.63, 3.8) is 0 Å². The first kappa shape index (κ1) is 17.2. The van der Waals surface area contributed by atoms with E-state index >= 15 is 0 Å². The molecule has 2 aromatic rings. The van der Waals surface area contributed by atoms with Crippen molar-refractivity contribution in [3.8, 4) is 0 Å². The molecule has 4 heterocycles. The molecule has 0 N–H and O–H groups in total. The number of likely N-dealkylation sites (tertiary alicyclic amines) is 1. The summed E-state index contributed by atoms with van der Waals surface area (Å²) in [6.45, 7) is 7.63. The van der Waals surface area contributed by atoms with Crippen LogP contribution in [0.25, 0.3) is 0 Å². The van der Waals surface area contributed by atoms with Crippen LogP contribution in [0.15, 0.2) is 16.7 Å². The predicted octanol–water partition coefficient (Wildman–Crippen LogP) is 0.715. The smallest absolute Gasteiger partial charge is 0.230 e. The lowest BCUT2D eigenvalue weighted by molar-refractivity contribution is 0.122. The average Bonchev–Trinajstić information content (AvgIpc) is 3.31. The van der Waals surface area contributed by atoms with Crippen molar-refractivity contribution in [2.45, 2.75) is 25.9 Å². The van der Waals surface area contributed by atoms with Crippen LogP contribution in [0, 0.1) is 6.92 Å². The minimum Gasteiger partial charge on any atom is -0.424 e. The average molecular weight is 359 g/mol. The van der Waals surface area contributed by atoms with Gasteiger partial charge in [0.25, 0.3) is 0 Å². The SMILES string of the molecule is Cc1nnc(CN2CCC(N(C)c3ccnc(N4CCOCC4)n3)C2)o1. The molecule has 0 radical (unpaired) electrons. The van der Waals surface area contributed by atoms with Gasteiger partial charge in [0, 0.05) is 52.4 Å². The van der Waals surface area contributed by atoms with Crippen molar-refractivity contribution in [1.82, 2.24) is 25.1 Å². The zero-order valence-electron chi connectivity index (χ0n) is 15.3. The quantitative estimate of drug-likeness (QED) is 0.766. The Labute approximate surface area is 153 Å². The van der Waals surface area contributed by atoms with E-state index in [0.29, 0.717) is 24.4 Å². The summed E-state index contributed by atoms with van der Waals surface area (Å²) >= 11 is 0. The van der Waals surface area contributed by atoms with Crippen LogP contribution in [0.4, 0.5) is 11.8 Å². The van der Waals surface area contributed by atoms with E-state index in [1.807, 2.05) is 19.2 Å². The molecule has 0 saturated carbocycles. The van der Waals surface area contributed by atoms with E-state index in [4.69, 9.17) is 14.1 Å².